The molecule has 7 nitrogen and oxygen atoms in total. The number of ether oxygens (including phenoxy) is 1. The first-order valence-electron chi connectivity index (χ1n) is 9.62. The highest BCUT2D eigenvalue weighted by Crippen LogP contribution is 2.23. The summed E-state index contributed by atoms with van der Waals surface area (Å²) in [5.74, 6) is -0.669. The lowest BCUT2D eigenvalue weighted by Crippen LogP contribution is -2.50. The van der Waals surface area contributed by atoms with Crippen molar-refractivity contribution in [3.8, 4) is 0 Å². The van der Waals surface area contributed by atoms with Gasteiger partial charge in [0.25, 0.3) is 0 Å². The fourth-order valence-electron chi connectivity index (χ4n) is 3.13. The highest BCUT2D eigenvalue weighted by molar-refractivity contribution is 7.89. The molecule has 0 aromatic heterocycles. The summed E-state index contributed by atoms with van der Waals surface area (Å²) >= 11 is 0. The van der Waals surface area contributed by atoms with Crippen molar-refractivity contribution in [2.24, 2.45) is 0 Å². The minimum absolute atomic E-state index is 0.0538. The van der Waals surface area contributed by atoms with E-state index in [1.54, 1.807) is 37.3 Å². The molecule has 1 saturated heterocycles. The van der Waals surface area contributed by atoms with E-state index in [0.29, 0.717) is 31.7 Å². The number of nitrogens with zero attached hydrogens (tertiary/aromatic N) is 1. The van der Waals surface area contributed by atoms with Crippen LogP contribution in [0.2, 0.25) is 0 Å². The lowest BCUT2D eigenvalue weighted by molar-refractivity contribution is -0.137. The maximum atomic E-state index is 12.7. The molecule has 28 heavy (non-hydrogen) atoms. The third-order valence-electron chi connectivity index (χ3n) is 4.45. The van der Waals surface area contributed by atoms with Crippen molar-refractivity contribution in [3.63, 3.8) is 0 Å². The van der Waals surface area contributed by atoms with Crippen molar-refractivity contribution in [1.29, 1.82) is 0 Å². The van der Waals surface area contributed by atoms with Gasteiger partial charge in [0, 0.05) is 18.3 Å². The minimum Gasteiger partial charge on any atom is -0.463 e. The second kappa shape index (κ2) is 10.4. The van der Waals surface area contributed by atoms with Gasteiger partial charge in [-0.1, -0.05) is 25.5 Å². The van der Waals surface area contributed by atoms with Crippen LogP contribution in [-0.4, -0.2) is 49.5 Å². The van der Waals surface area contributed by atoms with E-state index < -0.39 is 22.0 Å². The Labute approximate surface area is 166 Å². The number of amides is 1. The first-order valence-corrected chi connectivity index (χ1v) is 11.2. The molecule has 1 aliphatic heterocycles. The van der Waals surface area contributed by atoms with Crippen molar-refractivity contribution in [2.45, 2.75) is 45.6 Å². The second-order valence-electron chi connectivity index (χ2n) is 6.63. The highest BCUT2D eigenvalue weighted by Gasteiger charge is 2.36. The van der Waals surface area contributed by atoms with Crippen LogP contribution >= 0.6 is 0 Å². The van der Waals surface area contributed by atoms with E-state index in [-0.39, 0.29) is 11.7 Å². The Bertz CT molecular complexity index is 802. The van der Waals surface area contributed by atoms with Crippen molar-refractivity contribution < 1.29 is 22.7 Å². The Kier molecular flexibility index (Phi) is 8.19. The molecule has 2 rings (SSSR count). The predicted molar refractivity (Wildman–Crippen MR) is 109 cm³/mol. The van der Waals surface area contributed by atoms with Crippen LogP contribution in [0, 0.1) is 0 Å². The summed E-state index contributed by atoms with van der Waals surface area (Å²) in [6, 6.07) is 6.29. The van der Waals surface area contributed by atoms with Crippen LogP contribution in [0.5, 0.6) is 0 Å². The monoisotopic (exact) mass is 408 g/mol. The number of sulfonamides is 1. The average molecular weight is 409 g/mol. The fourth-order valence-corrected chi connectivity index (χ4v) is 4.88. The minimum atomic E-state index is -3.43. The van der Waals surface area contributed by atoms with E-state index in [9.17, 15) is 18.0 Å². The lowest BCUT2D eigenvalue weighted by Gasteiger charge is -2.33. The number of hydrogen-bond acceptors (Lipinski definition) is 5. The zero-order valence-corrected chi connectivity index (χ0v) is 17.2. The van der Waals surface area contributed by atoms with E-state index >= 15 is 0 Å². The number of hydrogen-bond donors (Lipinski definition) is 1. The van der Waals surface area contributed by atoms with Crippen molar-refractivity contribution in [1.82, 2.24) is 4.31 Å². The molecule has 1 fully saturated rings. The lowest BCUT2D eigenvalue weighted by atomic mass is 10.0. The molecular formula is C20H28N2O5S. The van der Waals surface area contributed by atoms with Gasteiger partial charge in [0.05, 0.1) is 12.4 Å². The van der Waals surface area contributed by atoms with Crippen molar-refractivity contribution in [2.75, 3.05) is 24.2 Å². The number of esters is 1. The maximum absolute atomic E-state index is 12.7. The molecule has 1 heterocycles. The predicted octanol–water partition coefficient (Wildman–Crippen LogP) is 2.80. The molecular weight excluding hydrogens is 380 g/mol. The standard InChI is InChI=1S/C20H28N2O5S/c1-3-15-28(25,26)22-14-6-5-7-18(22)20(24)21-17-11-8-16(9-12-17)10-13-19(23)27-4-2/h8-13,18H,3-7,14-15H2,1-2H3,(H,21,24)/b13-10+. The third kappa shape index (κ3) is 6.17. The fraction of sp³-hybridized carbons (Fsp3) is 0.500. The maximum Gasteiger partial charge on any atom is 0.330 e. The molecule has 8 heteroatoms. The smallest absolute Gasteiger partial charge is 0.330 e. The van der Waals surface area contributed by atoms with Crippen LogP contribution < -0.4 is 5.32 Å². The molecule has 1 amide bonds. The van der Waals surface area contributed by atoms with Crippen LogP contribution in [0.4, 0.5) is 5.69 Å². The van der Waals surface area contributed by atoms with Crippen LogP contribution in [0.3, 0.4) is 0 Å². The second-order valence-corrected chi connectivity index (χ2v) is 8.68. The number of carbonyl (C=O) groups is 2. The number of carbonyl (C=O) groups excluding carboxylic acids is 2. The number of piperidine rings is 1. The highest BCUT2D eigenvalue weighted by atomic mass is 32.2. The van der Waals surface area contributed by atoms with Gasteiger partial charge in [0.2, 0.25) is 15.9 Å². The quantitative estimate of drug-likeness (QED) is 0.527. The Morgan fingerprint density at radius 3 is 2.57 bits per heavy atom. The molecule has 0 spiro atoms. The number of rotatable bonds is 8. The molecule has 1 aromatic carbocycles. The van der Waals surface area contributed by atoms with E-state index in [1.807, 2.05) is 6.92 Å². The van der Waals surface area contributed by atoms with Gasteiger partial charge in [0.1, 0.15) is 6.04 Å². The SMILES string of the molecule is CCCS(=O)(=O)N1CCCCC1C(=O)Nc1ccc(/C=C/C(=O)OCC)cc1. The van der Waals surface area contributed by atoms with Gasteiger partial charge in [-0.3, -0.25) is 4.79 Å². The first kappa shape index (κ1) is 22.1. The number of benzene rings is 1. The van der Waals surface area contributed by atoms with Crippen molar-refractivity contribution >= 4 is 33.7 Å². The van der Waals surface area contributed by atoms with Crippen LogP contribution in [-0.2, 0) is 24.3 Å². The van der Waals surface area contributed by atoms with E-state index in [4.69, 9.17) is 4.74 Å². The Hall–Kier alpha value is -2.19. The molecule has 1 aliphatic rings. The third-order valence-corrected chi connectivity index (χ3v) is 6.53. The summed E-state index contributed by atoms with van der Waals surface area (Å²) in [6.45, 7) is 4.26. The zero-order valence-electron chi connectivity index (χ0n) is 16.4. The molecule has 0 aliphatic carbocycles. The molecule has 0 bridgehead atoms. The van der Waals surface area contributed by atoms with Gasteiger partial charge in [-0.15, -0.1) is 0 Å². The Morgan fingerprint density at radius 2 is 1.93 bits per heavy atom. The average Bonchev–Trinajstić information content (AvgIpc) is 2.67. The Morgan fingerprint density at radius 1 is 1.21 bits per heavy atom. The molecule has 0 saturated carbocycles. The summed E-state index contributed by atoms with van der Waals surface area (Å²) < 4.78 is 31.1. The first-order chi connectivity index (χ1) is 13.4. The summed E-state index contributed by atoms with van der Waals surface area (Å²) in [6.07, 6.45) is 5.62. The normalized spacial score (nSPS) is 18.1. The summed E-state index contributed by atoms with van der Waals surface area (Å²) in [5, 5.41) is 2.81. The van der Waals surface area contributed by atoms with E-state index in [1.165, 1.54) is 10.4 Å². The van der Waals surface area contributed by atoms with Crippen LogP contribution in [0.1, 0.15) is 45.1 Å². The van der Waals surface area contributed by atoms with Gasteiger partial charge < -0.3 is 10.1 Å². The molecule has 1 atom stereocenters. The molecule has 1 unspecified atom stereocenters. The van der Waals surface area contributed by atoms with Crippen molar-refractivity contribution in [3.05, 3.63) is 35.9 Å². The van der Waals surface area contributed by atoms with E-state index in [0.717, 1.165) is 18.4 Å². The zero-order chi connectivity index (χ0) is 20.6. The van der Waals surface area contributed by atoms with Gasteiger partial charge in [-0.05, 0) is 50.0 Å². The van der Waals surface area contributed by atoms with Gasteiger partial charge in [-0.2, -0.15) is 4.31 Å². The largest absolute Gasteiger partial charge is 0.463 e. The molecule has 154 valence electrons. The van der Waals surface area contributed by atoms with Crippen LogP contribution in [0.15, 0.2) is 30.3 Å². The number of anilines is 1. The van der Waals surface area contributed by atoms with Gasteiger partial charge in [-0.25, -0.2) is 13.2 Å². The molecule has 1 aromatic rings. The number of nitrogens with one attached hydrogen (secondary N) is 1. The van der Waals surface area contributed by atoms with Crippen LogP contribution in [0.25, 0.3) is 6.08 Å². The van der Waals surface area contributed by atoms with E-state index in [2.05, 4.69) is 5.32 Å². The van der Waals surface area contributed by atoms with Gasteiger partial charge >= 0.3 is 5.97 Å². The summed E-state index contributed by atoms with van der Waals surface area (Å²) in [5.41, 5.74) is 1.37. The molecule has 0 radical (unpaired) electrons. The summed E-state index contributed by atoms with van der Waals surface area (Å²) in [4.78, 5) is 24.1. The van der Waals surface area contributed by atoms with Gasteiger partial charge in [0.15, 0.2) is 0 Å². The Balaban J connectivity index is 2.03. The topological polar surface area (TPSA) is 92.8 Å². The summed E-state index contributed by atoms with van der Waals surface area (Å²) in [7, 11) is -3.43. The molecule has 1 N–H and O–H groups in total.